The van der Waals surface area contributed by atoms with E-state index in [-0.39, 0.29) is 18.0 Å². The van der Waals surface area contributed by atoms with Gasteiger partial charge in [0, 0.05) is 17.1 Å². The summed E-state index contributed by atoms with van der Waals surface area (Å²) in [7, 11) is 0. The molecule has 0 saturated heterocycles. The van der Waals surface area contributed by atoms with Crippen LogP contribution < -0.4 is 16.4 Å². The van der Waals surface area contributed by atoms with E-state index >= 15 is 0 Å². The number of pyridine rings is 1. The fraction of sp³-hybridized carbons (Fsp3) is 0.353. The van der Waals surface area contributed by atoms with E-state index < -0.39 is 5.91 Å². The van der Waals surface area contributed by atoms with Gasteiger partial charge >= 0.3 is 0 Å². The Hall–Kier alpha value is -2.41. The van der Waals surface area contributed by atoms with E-state index in [1.54, 1.807) is 12.1 Å². The highest BCUT2D eigenvalue weighted by molar-refractivity contribution is 7.14. The topological polar surface area (TPSA) is 80.2 Å². The number of hydrogen-bond donors (Lipinski definition) is 2. The fourth-order valence-electron chi connectivity index (χ4n) is 2.75. The van der Waals surface area contributed by atoms with Crippen molar-refractivity contribution in [2.24, 2.45) is 0 Å². The molecule has 6 nitrogen and oxygen atoms in total. The molecule has 1 aliphatic rings. The van der Waals surface area contributed by atoms with Gasteiger partial charge < -0.3 is 4.57 Å². The zero-order chi connectivity index (χ0) is 16.9. The van der Waals surface area contributed by atoms with E-state index in [0.29, 0.717) is 4.88 Å². The zero-order valence-corrected chi connectivity index (χ0v) is 14.0. The molecule has 0 atom stereocenters. The fourth-order valence-corrected chi connectivity index (χ4v) is 3.90. The summed E-state index contributed by atoms with van der Waals surface area (Å²) in [6.07, 6.45) is 7.13. The third kappa shape index (κ3) is 3.91. The Labute approximate surface area is 143 Å². The number of hydrazine groups is 1. The highest BCUT2D eigenvalue weighted by Crippen LogP contribution is 2.28. The largest absolute Gasteiger partial charge is 0.306 e. The van der Waals surface area contributed by atoms with Gasteiger partial charge in [0.15, 0.2) is 0 Å². The second kappa shape index (κ2) is 7.44. The highest BCUT2D eigenvalue weighted by atomic mass is 32.1. The van der Waals surface area contributed by atoms with Crippen molar-refractivity contribution < 1.29 is 9.59 Å². The molecular weight excluding hydrogens is 326 g/mol. The molecule has 1 aliphatic carbocycles. The van der Waals surface area contributed by atoms with Gasteiger partial charge in [-0.15, -0.1) is 11.3 Å². The van der Waals surface area contributed by atoms with Crippen LogP contribution in [0.15, 0.2) is 35.3 Å². The lowest BCUT2D eigenvalue weighted by Gasteiger charge is -2.07. The highest BCUT2D eigenvalue weighted by Gasteiger charge is 2.16. The van der Waals surface area contributed by atoms with Crippen molar-refractivity contribution in [2.75, 3.05) is 0 Å². The minimum atomic E-state index is -0.449. The number of thiophene rings is 1. The lowest BCUT2D eigenvalue weighted by atomic mass is 10.1. The molecule has 7 heteroatoms. The van der Waals surface area contributed by atoms with Crippen LogP contribution in [-0.4, -0.2) is 16.4 Å². The van der Waals surface area contributed by atoms with E-state index in [0.717, 1.165) is 25.7 Å². The Kier molecular flexibility index (Phi) is 5.10. The van der Waals surface area contributed by atoms with Crippen molar-refractivity contribution in [1.29, 1.82) is 0 Å². The lowest BCUT2D eigenvalue weighted by Crippen LogP contribution is -2.43. The molecule has 0 radical (unpaired) electrons. The van der Waals surface area contributed by atoms with Crippen LogP contribution in [0.2, 0.25) is 0 Å². The second-order valence-corrected chi connectivity index (χ2v) is 6.93. The van der Waals surface area contributed by atoms with Crippen molar-refractivity contribution in [2.45, 2.75) is 38.6 Å². The minimum absolute atomic E-state index is 0.138. The third-order valence-corrected chi connectivity index (χ3v) is 5.23. The van der Waals surface area contributed by atoms with Gasteiger partial charge in [-0.25, -0.2) is 0 Å². The Morgan fingerprint density at radius 2 is 1.96 bits per heavy atom. The maximum atomic E-state index is 12.2. The first-order valence-corrected chi connectivity index (χ1v) is 8.81. The molecule has 2 aromatic rings. The summed E-state index contributed by atoms with van der Waals surface area (Å²) >= 11 is 1.50. The number of nitrogens with one attached hydrogen (secondary N) is 2. The van der Waals surface area contributed by atoms with E-state index in [1.807, 2.05) is 6.07 Å². The maximum absolute atomic E-state index is 12.2. The number of carbonyl (C=O) groups is 2. The number of hydrogen-bond acceptors (Lipinski definition) is 4. The van der Waals surface area contributed by atoms with Crippen LogP contribution in [-0.2, 0) is 24.2 Å². The van der Waals surface area contributed by atoms with Crippen LogP contribution in [0.4, 0.5) is 0 Å². The predicted molar refractivity (Wildman–Crippen MR) is 91.9 cm³/mol. The first kappa shape index (κ1) is 16.4. The van der Waals surface area contributed by atoms with Gasteiger partial charge in [-0.3, -0.25) is 25.2 Å². The van der Waals surface area contributed by atoms with Crippen molar-refractivity contribution >= 4 is 23.2 Å². The van der Waals surface area contributed by atoms with E-state index in [2.05, 4.69) is 10.9 Å². The average molecular weight is 345 g/mol. The van der Waals surface area contributed by atoms with Crippen LogP contribution in [0.3, 0.4) is 0 Å². The maximum Gasteiger partial charge on any atom is 0.279 e. The summed E-state index contributed by atoms with van der Waals surface area (Å²) in [5.74, 6) is -0.767. The minimum Gasteiger partial charge on any atom is -0.306 e. The summed E-state index contributed by atoms with van der Waals surface area (Å²) in [4.78, 5) is 37.5. The molecular formula is C17H19N3O3S. The van der Waals surface area contributed by atoms with Crippen molar-refractivity contribution in [3.05, 3.63) is 56.1 Å². The molecule has 24 heavy (non-hydrogen) atoms. The Bertz CT molecular complexity index is 786. The molecule has 0 bridgehead atoms. The van der Waals surface area contributed by atoms with Crippen LogP contribution >= 0.6 is 11.3 Å². The van der Waals surface area contributed by atoms with Gasteiger partial charge in [-0.2, -0.15) is 0 Å². The van der Waals surface area contributed by atoms with Crippen molar-refractivity contribution in [1.82, 2.24) is 15.4 Å². The van der Waals surface area contributed by atoms with Crippen LogP contribution in [0.25, 0.3) is 0 Å². The molecule has 0 aliphatic heterocycles. The molecule has 2 heterocycles. The number of carbonyl (C=O) groups excluding carboxylic acids is 2. The van der Waals surface area contributed by atoms with Gasteiger partial charge in [-0.1, -0.05) is 12.5 Å². The molecule has 0 spiro atoms. The van der Waals surface area contributed by atoms with Gasteiger partial charge in [0.05, 0.1) is 4.88 Å². The molecule has 126 valence electrons. The van der Waals surface area contributed by atoms with Gasteiger partial charge in [0.1, 0.15) is 6.54 Å². The monoisotopic (exact) mass is 345 g/mol. The van der Waals surface area contributed by atoms with Crippen LogP contribution in [0, 0.1) is 0 Å². The molecule has 3 rings (SSSR count). The van der Waals surface area contributed by atoms with Crippen molar-refractivity contribution in [3.63, 3.8) is 0 Å². The number of aromatic nitrogens is 1. The number of amides is 2. The summed E-state index contributed by atoms with van der Waals surface area (Å²) in [5, 5.41) is 0. The van der Waals surface area contributed by atoms with Gasteiger partial charge in [0.25, 0.3) is 17.4 Å². The first-order chi connectivity index (χ1) is 11.6. The normalized spacial score (nSPS) is 13.7. The molecule has 0 unspecified atom stereocenters. The Morgan fingerprint density at radius 1 is 1.12 bits per heavy atom. The quantitative estimate of drug-likeness (QED) is 0.655. The molecule has 0 saturated carbocycles. The average Bonchev–Trinajstić information content (AvgIpc) is 2.86. The molecule has 2 aromatic heterocycles. The van der Waals surface area contributed by atoms with Crippen LogP contribution in [0.1, 0.15) is 39.4 Å². The summed E-state index contributed by atoms with van der Waals surface area (Å²) in [5.41, 5.74) is 5.77. The standard InChI is InChI=1S/C17H19N3O3S/c21-15(11-20-9-5-4-8-16(20)22)18-19-17(23)14-10-12-6-2-1-3-7-13(12)24-14/h4-5,8-10H,1-3,6-7,11H2,(H,18,21)(H,19,23). The number of rotatable bonds is 3. The Balaban J connectivity index is 1.56. The molecule has 0 fully saturated rings. The summed E-state index contributed by atoms with van der Waals surface area (Å²) < 4.78 is 1.27. The molecule has 0 aromatic carbocycles. The zero-order valence-electron chi connectivity index (χ0n) is 13.2. The number of nitrogens with zero attached hydrogens (tertiary/aromatic N) is 1. The number of fused-ring (bicyclic) bond motifs is 1. The summed E-state index contributed by atoms with van der Waals surface area (Å²) in [6, 6.07) is 6.59. The number of aryl methyl sites for hydroxylation is 2. The SMILES string of the molecule is O=C(Cn1ccccc1=O)NNC(=O)c1cc2c(s1)CCCCC2. The van der Waals surface area contributed by atoms with E-state index in [9.17, 15) is 14.4 Å². The Morgan fingerprint density at radius 3 is 2.79 bits per heavy atom. The first-order valence-electron chi connectivity index (χ1n) is 8.00. The molecule has 2 N–H and O–H groups in total. The van der Waals surface area contributed by atoms with Crippen molar-refractivity contribution in [3.8, 4) is 0 Å². The molecule has 2 amide bonds. The van der Waals surface area contributed by atoms with E-state index in [4.69, 9.17) is 0 Å². The summed E-state index contributed by atoms with van der Waals surface area (Å²) in [6.45, 7) is -0.138. The smallest absolute Gasteiger partial charge is 0.279 e. The second-order valence-electron chi connectivity index (χ2n) is 5.79. The van der Waals surface area contributed by atoms with E-state index in [1.165, 1.54) is 45.0 Å². The lowest BCUT2D eigenvalue weighted by molar-refractivity contribution is -0.122. The van der Waals surface area contributed by atoms with Gasteiger partial charge in [-0.05, 0) is 43.4 Å². The van der Waals surface area contributed by atoms with Crippen LogP contribution in [0.5, 0.6) is 0 Å². The van der Waals surface area contributed by atoms with Gasteiger partial charge in [0.2, 0.25) is 0 Å². The predicted octanol–water partition coefficient (Wildman–Crippen LogP) is 1.64. The third-order valence-electron chi connectivity index (χ3n) is 4.00.